The number of carbonyl (C=O) groups is 1. The highest BCUT2D eigenvalue weighted by atomic mass is 16.6. The number of anilines is 1. The van der Waals surface area contributed by atoms with Crippen molar-refractivity contribution in [2.45, 2.75) is 71.3 Å². The van der Waals surface area contributed by atoms with Crippen LogP contribution in [0.3, 0.4) is 0 Å². The highest BCUT2D eigenvalue weighted by Crippen LogP contribution is 2.39. The summed E-state index contributed by atoms with van der Waals surface area (Å²) in [5.41, 5.74) is 10.2. The zero-order valence-corrected chi connectivity index (χ0v) is 21.2. The molecule has 1 atom stereocenters. The van der Waals surface area contributed by atoms with Gasteiger partial charge in [0.25, 0.3) is 0 Å². The number of benzene rings is 1. The molecule has 0 spiro atoms. The number of ether oxygens (including phenoxy) is 2. The average Bonchev–Trinajstić information content (AvgIpc) is 3.25. The first-order valence-corrected chi connectivity index (χ1v) is 12.6. The van der Waals surface area contributed by atoms with Gasteiger partial charge in [-0.05, 0) is 70.5 Å². The van der Waals surface area contributed by atoms with Gasteiger partial charge in [0.2, 0.25) is 0 Å². The number of rotatable bonds is 8. The number of nitrogens with two attached hydrogens (primary N) is 1. The number of fused-ring (bicyclic) bond motifs is 1. The summed E-state index contributed by atoms with van der Waals surface area (Å²) in [7, 11) is 1.59. The van der Waals surface area contributed by atoms with Gasteiger partial charge in [0.05, 0.1) is 29.7 Å². The molecule has 1 aromatic carbocycles. The largest absolute Gasteiger partial charge is 0.495 e. The zero-order valence-electron chi connectivity index (χ0n) is 21.2. The Morgan fingerprint density at radius 2 is 2.06 bits per heavy atom. The van der Waals surface area contributed by atoms with Gasteiger partial charge in [0.15, 0.2) is 0 Å². The number of nitrogens with one attached hydrogen (secondary N) is 1. The molecule has 1 unspecified atom stereocenters. The first-order chi connectivity index (χ1) is 16.9. The molecular formula is C27H37N5O3. The minimum absolute atomic E-state index is 0.143. The predicted molar refractivity (Wildman–Crippen MR) is 138 cm³/mol. The third-order valence-electron chi connectivity index (χ3n) is 7.03. The van der Waals surface area contributed by atoms with E-state index in [0.717, 1.165) is 73.4 Å². The Balaban J connectivity index is 1.65. The summed E-state index contributed by atoms with van der Waals surface area (Å²) in [5.74, 6) is 2.63. The van der Waals surface area contributed by atoms with E-state index in [2.05, 4.69) is 21.6 Å². The van der Waals surface area contributed by atoms with Crippen molar-refractivity contribution in [1.29, 1.82) is 0 Å². The molecule has 1 fully saturated rings. The third kappa shape index (κ3) is 5.42. The Morgan fingerprint density at radius 1 is 1.29 bits per heavy atom. The highest BCUT2D eigenvalue weighted by molar-refractivity contribution is 5.89. The van der Waals surface area contributed by atoms with Crippen LogP contribution in [0.15, 0.2) is 30.6 Å². The Kier molecular flexibility index (Phi) is 7.90. The van der Waals surface area contributed by atoms with Crippen molar-refractivity contribution >= 4 is 17.3 Å². The van der Waals surface area contributed by atoms with Crippen molar-refractivity contribution in [2.24, 2.45) is 11.7 Å². The predicted octanol–water partition coefficient (Wildman–Crippen LogP) is 5.68. The van der Waals surface area contributed by atoms with E-state index < -0.39 is 6.09 Å². The zero-order chi connectivity index (χ0) is 24.9. The number of imidazole rings is 1. The third-order valence-corrected chi connectivity index (χ3v) is 7.03. The van der Waals surface area contributed by atoms with E-state index in [0.29, 0.717) is 23.3 Å². The average molecular weight is 480 g/mol. The summed E-state index contributed by atoms with van der Waals surface area (Å²) in [6, 6.07) is 5.70. The lowest BCUT2D eigenvalue weighted by molar-refractivity contribution is 0.115. The summed E-state index contributed by atoms with van der Waals surface area (Å²) in [5, 5.41) is 2.81. The maximum Gasteiger partial charge on any atom is 0.412 e. The van der Waals surface area contributed by atoms with Gasteiger partial charge in [-0.1, -0.05) is 19.4 Å². The number of nitrogens with zero attached hydrogens (tertiary/aromatic N) is 3. The van der Waals surface area contributed by atoms with Crippen LogP contribution in [0, 0.1) is 12.8 Å². The van der Waals surface area contributed by atoms with E-state index in [1.165, 1.54) is 0 Å². The summed E-state index contributed by atoms with van der Waals surface area (Å²) in [6.45, 7) is 6.72. The lowest BCUT2D eigenvalue weighted by Crippen LogP contribution is -2.21. The molecular weight excluding hydrogens is 442 g/mol. The second-order valence-corrected chi connectivity index (χ2v) is 9.55. The van der Waals surface area contributed by atoms with Gasteiger partial charge in [0, 0.05) is 23.9 Å². The van der Waals surface area contributed by atoms with Crippen LogP contribution < -0.4 is 15.8 Å². The fraction of sp³-hybridized carbons (Fsp3) is 0.519. The second kappa shape index (κ2) is 11.1. The normalized spacial score (nSPS) is 18.9. The molecule has 188 valence electrons. The van der Waals surface area contributed by atoms with E-state index in [1.54, 1.807) is 7.11 Å². The molecule has 1 saturated carbocycles. The topological polar surface area (TPSA) is 104 Å². The van der Waals surface area contributed by atoms with Crippen LogP contribution in [0.1, 0.15) is 69.8 Å². The molecule has 1 aliphatic carbocycles. The molecule has 4 rings (SSSR count). The quantitative estimate of drug-likeness (QED) is 0.431. The van der Waals surface area contributed by atoms with Gasteiger partial charge in [0.1, 0.15) is 17.7 Å². The smallest absolute Gasteiger partial charge is 0.412 e. The first-order valence-electron chi connectivity index (χ1n) is 12.6. The van der Waals surface area contributed by atoms with E-state index in [4.69, 9.17) is 20.2 Å². The molecule has 35 heavy (non-hydrogen) atoms. The van der Waals surface area contributed by atoms with Crippen molar-refractivity contribution in [3.05, 3.63) is 42.1 Å². The number of aryl methyl sites for hydroxylation is 1. The maximum absolute atomic E-state index is 12.3. The first kappa shape index (κ1) is 25.0. The number of amides is 1. The fourth-order valence-corrected chi connectivity index (χ4v) is 5.09. The van der Waals surface area contributed by atoms with Crippen LogP contribution in [-0.4, -0.2) is 40.2 Å². The van der Waals surface area contributed by atoms with Crippen molar-refractivity contribution in [3.63, 3.8) is 0 Å². The summed E-state index contributed by atoms with van der Waals surface area (Å²) in [4.78, 5) is 22.0. The van der Waals surface area contributed by atoms with Crippen LogP contribution in [0.4, 0.5) is 10.5 Å². The maximum atomic E-state index is 12.3. The van der Waals surface area contributed by atoms with E-state index >= 15 is 0 Å². The van der Waals surface area contributed by atoms with Crippen LogP contribution in [-0.2, 0) is 4.74 Å². The molecule has 2 heterocycles. The van der Waals surface area contributed by atoms with Gasteiger partial charge < -0.3 is 15.2 Å². The van der Waals surface area contributed by atoms with Crippen molar-refractivity contribution < 1.29 is 14.3 Å². The Morgan fingerprint density at radius 3 is 2.74 bits per heavy atom. The molecule has 8 heteroatoms. The SMILES string of the molecule is CCCC(C)OC(=O)Nc1ccc(-c2nc(C3CCC(CN)CC3)n3ccnc(C)c23)cc1OC. The molecule has 0 saturated heterocycles. The Labute approximate surface area is 207 Å². The van der Waals surface area contributed by atoms with Gasteiger partial charge in [-0.25, -0.2) is 9.78 Å². The molecule has 1 amide bonds. The van der Waals surface area contributed by atoms with E-state index in [1.807, 2.05) is 44.4 Å². The molecule has 0 bridgehead atoms. The van der Waals surface area contributed by atoms with Gasteiger partial charge in [-0.15, -0.1) is 0 Å². The fourth-order valence-electron chi connectivity index (χ4n) is 5.09. The lowest BCUT2D eigenvalue weighted by Gasteiger charge is -2.26. The van der Waals surface area contributed by atoms with Crippen molar-refractivity contribution in [3.8, 4) is 17.0 Å². The molecule has 1 aliphatic rings. The van der Waals surface area contributed by atoms with Crippen LogP contribution in [0.25, 0.3) is 16.8 Å². The molecule has 3 aromatic rings. The number of hydrogen-bond acceptors (Lipinski definition) is 6. The van der Waals surface area contributed by atoms with E-state index in [-0.39, 0.29) is 6.10 Å². The second-order valence-electron chi connectivity index (χ2n) is 9.55. The Bertz CT molecular complexity index is 1170. The molecule has 0 aliphatic heterocycles. The van der Waals surface area contributed by atoms with Crippen molar-refractivity contribution in [1.82, 2.24) is 14.4 Å². The number of methoxy groups -OCH3 is 1. The van der Waals surface area contributed by atoms with Crippen LogP contribution in [0.2, 0.25) is 0 Å². The Hall–Kier alpha value is -3.13. The minimum atomic E-state index is -0.486. The van der Waals surface area contributed by atoms with Gasteiger partial charge in [-0.2, -0.15) is 0 Å². The summed E-state index contributed by atoms with van der Waals surface area (Å²) >= 11 is 0. The monoisotopic (exact) mass is 479 g/mol. The summed E-state index contributed by atoms with van der Waals surface area (Å²) in [6.07, 6.45) is 9.43. The molecule has 3 N–H and O–H groups in total. The van der Waals surface area contributed by atoms with E-state index in [9.17, 15) is 4.79 Å². The van der Waals surface area contributed by atoms with Gasteiger partial charge in [-0.3, -0.25) is 14.7 Å². The summed E-state index contributed by atoms with van der Waals surface area (Å²) < 4.78 is 13.2. The molecule has 2 aromatic heterocycles. The van der Waals surface area contributed by atoms with Gasteiger partial charge >= 0.3 is 6.09 Å². The van der Waals surface area contributed by atoms with Crippen LogP contribution in [0.5, 0.6) is 5.75 Å². The van der Waals surface area contributed by atoms with Crippen LogP contribution >= 0.6 is 0 Å². The number of hydrogen-bond donors (Lipinski definition) is 2. The highest BCUT2D eigenvalue weighted by Gasteiger charge is 2.27. The number of aromatic nitrogens is 3. The minimum Gasteiger partial charge on any atom is -0.495 e. The molecule has 0 radical (unpaired) electrons. The molecule has 8 nitrogen and oxygen atoms in total. The lowest BCUT2D eigenvalue weighted by atomic mass is 9.81. The number of carbonyl (C=O) groups excluding carboxylic acids is 1. The van der Waals surface area contributed by atoms with Crippen molar-refractivity contribution in [2.75, 3.05) is 19.0 Å². The standard InChI is InChI=1S/C27H37N5O3/c1-5-6-17(2)35-27(33)30-22-12-11-21(15-23(22)34-4)24-25-18(3)29-13-14-32(25)26(31-24)20-9-7-19(16-28)8-10-20/h11-15,17,19-20H,5-10,16,28H2,1-4H3,(H,30,33).